The van der Waals surface area contributed by atoms with E-state index in [4.69, 9.17) is 6.42 Å². The summed E-state index contributed by atoms with van der Waals surface area (Å²) in [4.78, 5) is 19.8. The average molecular weight is 303 g/mol. The molecule has 0 aliphatic heterocycles. The summed E-state index contributed by atoms with van der Waals surface area (Å²) in [5.74, 6) is 3.18. The Morgan fingerprint density at radius 2 is 2.50 bits per heavy atom. The van der Waals surface area contributed by atoms with Crippen molar-refractivity contribution < 1.29 is 0 Å². The predicted octanol–water partition coefficient (Wildman–Crippen LogP) is 0.834. The van der Waals surface area contributed by atoms with Crippen LogP contribution in [-0.4, -0.2) is 23.1 Å². The van der Waals surface area contributed by atoms with Gasteiger partial charge in [0, 0.05) is 6.54 Å². The van der Waals surface area contributed by atoms with Gasteiger partial charge in [0.2, 0.25) is 0 Å². The minimum atomic E-state index is -0.133. The molecule has 0 saturated carbocycles. The number of halogens is 1. The lowest BCUT2D eigenvalue weighted by Crippen LogP contribution is -2.27. The third-order valence-corrected chi connectivity index (χ3v) is 2.71. The maximum absolute atomic E-state index is 11.3. The zero-order valence-electron chi connectivity index (χ0n) is 7.75. The Kier molecular flexibility index (Phi) is 3.95. The second kappa shape index (κ2) is 5.00. The molecule has 0 atom stereocenters. The van der Waals surface area contributed by atoms with E-state index in [9.17, 15) is 4.79 Å². The average Bonchev–Trinajstić information content (AvgIpc) is 2.19. The summed E-state index contributed by atoms with van der Waals surface area (Å²) in [5.41, 5.74) is -0.133. The van der Waals surface area contributed by atoms with E-state index >= 15 is 0 Å². The van der Waals surface area contributed by atoms with Gasteiger partial charge < -0.3 is 9.88 Å². The van der Waals surface area contributed by atoms with E-state index < -0.39 is 0 Å². The molecular formula is C9H10IN3O. The van der Waals surface area contributed by atoms with Crippen LogP contribution in [0.4, 0.5) is 5.82 Å². The summed E-state index contributed by atoms with van der Waals surface area (Å²) >= 11 is 1.97. The Hall–Kier alpha value is -1.03. The van der Waals surface area contributed by atoms with Gasteiger partial charge in [-0.05, 0) is 29.5 Å². The van der Waals surface area contributed by atoms with Crippen LogP contribution < -0.4 is 10.5 Å². The lowest BCUT2D eigenvalue weighted by molar-refractivity contribution is 0.875. The second-order valence-corrected chi connectivity index (χ2v) is 3.67. The molecule has 14 heavy (non-hydrogen) atoms. The number of terminal acetylenes is 1. The first kappa shape index (κ1) is 11.0. The second-order valence-electron chi connectivity index (χ2n) is 2.59. The van der Waals surface area contributed by atoms with Crippen LogP contribution in [0.2, 0.25) is 0 Å². The van der Waals surface area contributed by atoms with Crippen molar-refractivity contribution in [3.05, 3.63) is 20.3 Å². The van der Waals surface area contributed by atoms with Crippen LogP contribution in [-0.2, 0) is 0 Å². The fourth-order valence-electron chi connectivity index (χ4n) is 1.04. The van der Waals surface area contributed by atoms with Gasteiger partial charge in [0.15, 0.2) is 0 Å². The SMILES string of the molecule is C#CCN(CC)c1nc[nH]c(=O)c1I. The van der Waals surface area contributed by atoms with Gasteiger partial charge in [0.1, 0.15) is 9.39 Å². The normalized spacial score (nSPS) is 9.50. The monoisotopic (exact) mass is 303 g/mol. The van der Waals surface area contributed by atoms with Gasteiger partial charge in [-0.1, -0.05) is 5.92 Å². The molecule has 0 unspecified atom stereocenters. The zero-order valence-corrected chi connectivity index (χ0v) is 9.91. The van der Waals surface area contributed by atoms with Gasteiger partial charge in [-0.25, -0.2) is 4.98 Å². The van der Waals surface area contributed by atoms with E-state index in [-0.39, 0.29) is 5.56 Å². The molecule has 4 nitrogen and oxygen atoms in total. The fourth-order valence-corrected chi connectivity index (χ4v) is 1.68. The molecule has 74 valence electrons. The van der Waals surface area contributed by atoms with Gasteiger partial charge in [0.25, 0.3) is 5.56 Å². The van der Waals surface area contributed by atoms with Gasteiger partial charge in [0.05, 0.1) is 12.9 Å². The van der Waals surface area contributed by atoms with Crippen molar-refractivity contribution >= 4 is 28.4 Å². The van der Waals surface area contributed by atoms with Gasteiger partial charge >= 0.3 is 0 Å². The lowest BCUT2D eigenvalue weighted by atomic mass is 10.4. The quantitative estimate of drug-likeness (QED) is 0.665. The van der Waals surface area contributed by atoms with E-state index in [0.29, 0.717) is 15.9 Å². The molecule has 1 aromatic heterocycles. The molecule has 0 spiro atoms. The molecule has 1 aromatic rings. The summed E-state index contributed by atoms with van der Waals surface area (Å²) < 4.78 is 0.571. The van der Waals surface area contributed by atoms with E-state index in [1.54, 1.807) is 0 Å². The highest BCUT2D eigenvalue weighted by molar-refractivity contribution is 14.1. The summed E-state index contributed by atoms with van der Waals surface area (Å²) in [7, 11) is 0. The summed E-state index contributed by atoms with van der Waals surface area (Å²) in [6.45, 7) is 3.16. The Balaban J connectivity index is 3.11. The van der Waals surface area contributed by atoms with Crippen LogP contribution >= 0.6 is 22.6 Å². The highest BCUT2D eigenvalue weighted by Gasteiger charge is 2.10. The molecule has 0 saturated heterocycles. The van der Waals surface area contributed by atoms with Gasteiger partial charge in [-0.15, -0.1) is 6.42 Å². The molecule has 5 heteroatoms. The van der Waals surface area contributed by atoms with Crippen molar-refractivity contribution in [3.63, 3.8) is 0 Å². The molecule has 0 aromatic carbocycles. The van der Waals surface area contributed by atoms with Gasteiger partial charge in [-0.3, -0.25) is 4.79 Å². The number of H-pyrrole nitrogens is 1. The number of aromatic amines is 1. The minimum Gasteiger partial charge on any atom is -0.345 e. The number of anilines is 1. The van der Waals surface area contributed by atoms with Crippen molar-refractivity contribution in [1.82, 2.24) is 9.97 Å². The summed E-state index contributed by atoms with van der Waals surface area (Å²) in [6.07, 6.45) is 6.61. The van der Waals surface area contributed by atoms with E-state index in [0.717, 1.165) is 6.54 Å². The van der Waals surface area contributed by atoms with Gasteiger partial charge in [-0.2, -0.15) is 0 Å². The third-order valence-electron chi connectivity index (χ3n) is 1.74. The first-order valence-electron chi connectivity index (χ1n) is 4.12. The lowest BCUT2D eigenvalue weighted by Gasteiger charge is -2.19. The molecule has 0 aliphatic carbocycles. The Bertz CT molecular complexity index is 407. The maximum Gasteiger partial charge on any atom is 0.266 e. The number of nitrogens with one attached hydrogen (secondary N) is 1. The van der Waals surface area contributed by atoms with Crippen molar-refractivity contribution in [2.45, 2.75) is 6.92 Å². The topological polar surface area (TPSA) is 49.0 Å². The largest absolute Gasteiger partial charge is 0.345 e. The van der Waals surface area contributed by atoms with E-state index in [2.05, 4.69) is 15.9 Å². The Morgan fingerprint density at radius 1 is 1.79 bits per heavy atom. The summed E-state index contributed by atoms with van der Waals surface area (Å²) in [6, 6.07) is 0. The first-order valence-corrected chi connectivity index (χ1v) is 5.20. The molecule has 1 heterocycles. The first-order chi connectivity index (χ1) is 6.70. The zero-order chi connectivity index (χ0) is 10.6. The highest BCUT2D eigenvalue weighted by atomic mass is 127. The van der Waals surface area contributed by atoms with Crippen LogP contribution in [0, 0.1) is 15.9 Å². The van der Waals surface area contributed by atoms with E-state index in [1.165, 1.54) is 6.33 Å². The van der Waals surface area contributed by atoms with Crippen molar-refractivity contribution in [1.29, 1.82) is 0 Å². The number of nitrogens with zero attached hydrogens (tertiary/aromatic N) is 2. The molecular weight excluding hydrogens is 293 g/mol. The van der Waals surface area contributed by atoms with Crippen LogP contribution in [0.3, 0.4) is 0 Å². The van der Waals surface area contributed by atoms with Crippen LogP contribution in [0.25, 0.3) is 0 Å². The molecule has 0 radical (unpaired) electrons. The number of hydrogen-bond donors (Lipinski definition) is 1. The predicted molar refractivity (Wildman–Crippen MR) is 64.3 cm³/mol. The minimum absolute atomic E-state index is 0.133. The molecule has 0 fully saturated rings. The molecule has 0 bridgehead atoms. The van der Waals surface area contributed by atoms with Crippen LogP contribution in [0.5, 0.6) is 0 Å². The Labute approximate surface area is 95.9 Å². The van der Waals surface area contributed by atoms with Crippen LogP contribution in [0.1, 0.15) is 6.92 Å². The van der Waals surface area contributed by atoms with Crippen molar-refractivity contribution in [3.8, 4) is 12.3 Å². The van der Waals surface area contributed by atoms with E-state index in [1.807, 2.05) is 34.4 Å². The maximum atomic E-state index is 11.3. The van der Waals surface area contributed by atoms with Crippen molar-refractivity contribution in [2.75, 3.05) is 18.0 Å². The molecule has 0 aliphatic rings. The molecule has 1 N–H and O–H groups in total. The highest BCUT2D eigenvalue weighted by Crippen LogP contribution is 2.14. The fraction of sp³-hybridized carbons (Fsp3) is 0.333. The molecule has 1 rings (SSSR count). The van der Waals surface area contributed by atoms with Crippen LogP contribution in [0.15, 0.2) is 11.1 Å². The number of hydrogen-bond acceptors (Lipinski definition) is 3. The molecule has 0 amide bonds. The third kappa shape index (κ3) is 2.26. The standard InChI is InChI=1S/C9H10IN3O/c1-3-5-13(4-2)8-7(10)9(14)12-6-11-8/h1,6H,4-5H2,2H3,(H,11,12,14). The smallest absolute Gasteiger partial charge is 0.266 e. The number of aromatic nitrogens is 2. The number of rotatable bonds is 3. The Morgan fingerprint density at radius 3 is 3.07 bits per heavy atom. The summed E-state index contributed by atoms with van der Waals surface area (Å²) in [5, 5.41) is 0. The van der Waals surface area contributed by atoms with Crippen molar-refractivity contribution in [2.24, 2.45) is 0 Å².